The van der Waals surface area contributed by atoms with Crippen molar-refractivity contribution < 1.29 is 28.1 Å². The molecule has 0 heterocycles. The molecule has 0 saturated carbocycles. The van der Waals surface area contributed by atoms with Gasteiger partial charge in [0.25, 0.3) is 7.37 Å². The summed E-state index contributed by atoms with van der Waals surface area (Å²) in [5.41, 5.74) is 0. The van der Waals surface area contributed by atoms with Crippen molar-refractivity contribution in [3.05, 3.63) is 129 Å². The van der Waals surface area contributed by atoms with Crippen molar-refractivity contribution in [2.75, 3.05) is 26.4 Å². The Hall–Kier alpha value is -3.86. The van der Waals surface area contributed by atoms with Gasteiger partial charge in [0.2, 0.25) is 0 Å². The first kappa shape index (κ1) is 30.4. The van der Waals surface area contributed by atoms with Crippen LogP contribution in [0, 0.1) is 0 Å². The second-order valence-electron chi connectivity index (χ2n) is 7.81. The minimum absolute atomic E-state index is 0.0223. The lowest BCUT2D eigenvalue weighted by Crippen LogP contribution is -2.20. The van der Waals surface area contributed by atoms with E-state index in [9.17, 15) is 9.36 Å². The Kier molecular flexibility index (Phi) is 14.0. The molecule has 0 aliphatic heterocycles. The number of ether oxygens (including phenoxy) is 3. The Morgan fingerprint density at radius 1 is 0.684 bits per heavy atom. The minimum Gasteiger partial charge on any atom is -0.494 e. The number of hydrogen-bond donors (Lipinski definition) is 0. The Morgan fingerprint density at radius 3 is 1.74 bits per heavy atom. The second-order valence-corrected chi connectivity index (χ2v) is 10.2. The van der Waals surface area contributed by atoms with Gasteiger partial charge in [-0.25, -0.2) is 4.79 Å². The van der Waals surface area contributed by atoms with Crippen molar-refractivity contribution in [2.45, 2.75) is 12.8 Å². The number of para-hydroxylation sites is 1. The molecule has 0 unspecified atom stereocenters. The number of carbonyl (C=O) groups is 1. The minimum atomic E-state index is -3.21. The summed E-state index contributed by atoms with van der Waals surface area (Å²) in [4.78, 5) is 11.0. The molecule has 0 fully saturated rings. The van der Waals surface area contributed by atoms with Gasteiger partial charge in [0, 0.05) is 16.7 Å². The predicted octanol–water partition coefficient (Wildman–Crippen LogP) is 6.22. The number of hydrogen-bond acceptors (Lipinski definition) is 6. The zero-order valence-electron chi connectivity index (χ0n) is 21.6. The van der Waals surface area contributed by atoms with E-state index in [2.05, 4.69) is 19.7 Å². The van der Waals surface area contributed by atoms with Gasteiger partial charge in [0.1, 0.15) is 18.1 Å². The molecule has 0 aliphatic rings. The van der Waals surface area contributed by atoms with Crippen molar-refractivity contribution in [1.29, 1.82) is 0 Å². The van der Waals surface area contributed by atoms with Crippen LogP contribution >= 0.6 is 7.37 Å². The third-order valence-corrected chi connectivity index (χ3v) is 7.53. The van der Waals surface area contributed by atoms with Crippen molar-refractivity contribution in [2.24, 2.45) is 0 Å². The fourth-order valence-corrected chi connectivity index (χ4v) is 5.14. The number of carbonyl (C=O) groups excluding carboxylic acids is 1. The SMILES string of the molecule is C=CC(=C)OCCCCOc1ccccc1.C=CC(=O)OCCOP(=O)(c1ccccc1)c1ccccc1. The number of benzene rings is 3. The summed E-state index contributed by atoms with van der Waals surface area (Å²) in [6.07, 6.45) is 4.62. The van der Waals surface area contributed by atoms with Crippen molar-refractivity contribution in [3.8, 4) is 5.75 Å². The second kappa shape index (κ2) is 17.6. The van der Waals surface area contributed by atoms with Gasteiger partial charge in [-0.3, -0.25) is 4.57 Å². The Balaban J connectivity index is 0.000000281. The largest absolute Gasteiger partial charge is 0.494 e. The van der Waals surface area contributed by atoms with Crippen LogP contribution in [-0.4, -0.2) is 32.4 Å². The number of allylic oxidation sites excluding steroid dienone is 1. The molecule has 0 N–H and O–H groups in total. The molecule has 0 radical (unpaired) electrons. The molecule has 0 aromatic heterocycles. The Labute approximate surface area is 225 Å². The molecule has 38 heavy (non-hydrogen) atoms. The molecule has 3 aromatic rings. The van der Waals surface area contributed by atoms with E-state index in [1.165, 1.54) is 0 Å². The van der Waals surface area contributed by atoms with Gasteiger partial charge in [-0.1, -0.05) is 74.3 Å². The van der Waals surface area contributed by atoms with E-state index >= 15 is 0 Å². The molecule has 3 rings (SSSR count). The van der Waals surface area contributed by atoms with Crippen molar-refractivity contribution in [3.63, 3.8) is 0 Å². The highest BCUT2D eigenvalue weighted by Crippen LogP contribution is 2.44. The molecule has 0 bridgehead atoms. The average Bonchev–Trinajstić information content (AvgIpc) is 2.98. The van der Waals surface area contributed by atoms with Crippen LogP contribution in [0.15, 0.2) is 129 Å². The van der Waals surface area contributed by atoms with E-state index in [1.807, 2.05) is 66.7 Å². The van der Waals surface area contributed by atoms with Crippen molar-refractivity contribution >= 4 is 23.9 Å². The summed E-state index contributed by atoms with van der Waals surface area (Å²) in [6.45, 7) is 12.0. The summed E-state index contributed by atoms with van der Waals surface area (Å²) in [6, 6.07) is 27.8. The van der Waals surface area contributed by atoms with E-state index < -0.39 is 13.3 Å². The van der Waals surface area contributed by atoms with Crippen LogP contribution in [0.3, 0.4) is 0 Å². The predicted molar refractivity (Wildman–Crippen MR) is 153 cm³/mol. The first-order valence-corrected chi connectivity index (χ1v) is 13.9. The van der Waals surface area contributed by atoms with Gasteiger partial charge in [-0.05, 0) is 55.3 Å². The van der Waals surface area contributed by atoms with Crippen LogP contribution in [0.25, 0.3) is 0 Å². The molecule has 6 nitrogen and oxygen atoms in total. The summed E-state index contributed by atoms with van der Waals surface area (Å²) < 4.78 is 34.7. The van der Waals surface area contributed by atoms with Gasteiger partial charge in [0.15, 0.2) is 0 Å². The van der Waals surface area contributed by atoms with E-state index in [1.54, 1.807) is 30.3 Å². The standard InChI is InChI=1S/C17H17O4P.C14H18O2/c1-2-17(18)20-13-14-21-22(19,15-9-5-3-6-10-15)16-11-7-4-8-12-16;1-3-13(2)15-11-7-8-12-16-14-9-5-4-6-10-14/h2-12H,1,13-14H2;3-6,9-10H,1-2,7-8,11-12H2. The van der Waals surface area contributed by atoms with E-state index in [4.69, 9.17) is 18.7 Å². The highest BCUT2D eigenvalue weighted by atomic mass is 31.2. The molecule has 0 saturated heterocycles. The van der Waals surface area contributed by atoms with E-state index in [-0.39, 0.29) is 13.2 Å². The quantitative estimate of drug-likeness (QED) is 0.0576. The molecule has 3 aromatic carbocycles. The summed E-state index contributed by atoms with van der Waals surface area (Å²) in [5.74, 6) is 1.01. The highest BCUT2D eigenvalue weighted by Gasteiger charge is 2.28. The lowest BCUT2D eigenvalue weighted by molar-refractivity contribution is -0.138. The zero-order valence-corrected chi connectivity index (χ0v) is 22.5. The molecule has 0 aliphatic carbocycles. The van der Waals surface area contributed by atoms with Crippen LogP contribution < -0.4 is 15.3 Å². The number of rotatable bonds is 15. The molecule has 0 atom stereocenters. The van der Waals surface area contributed by atoms with Crippen LogP contribution in [0.4, 0.5) is 0 Å². The fraction of sp³-hybridized carbons (Fsp3) is 0.194. The molecular formula is C31H35O6P. The number of esters is 1. The van der Waals surface area contributed by atoms with Gasteiger partial charge in [0.05, 0.1) is 19.8 Å². The molecule has 0 amide bonds. The van der Waals surface area contributed by atoms with Crippen LogP contribution in [0.5, 0.6) is 5.75 Å². The monoisotopic (exact) mass is 534 g/mol. The van der Waals surface area contributed by atoms with Crippen molar-refractivity contribution in [1.82, 2.24) is 0 Å². The third kappa shape index (κ3) is 11.0. The van der Waals surface area contributed by atoms with E-state index in [0.29, 0.717) is 29.6 Å². The van der Waals surface area contributed by atoms with Crippen LogP contribution in [-0.2, 0) is 23.4 Å². The van der Waals surface area contributed by atoms with Gasteiger partial charge < -0.3 is 18.7 Å². The highest BCUT2D eigenvalue weighted by molar-refractivity contribution is 7.74. The lowest BCUT2D eigenvalue weighted by atomic mass is 10.3. The van der Waals surface area contributed by atoms with Gasteiger partial charge >= 0.3 is 5.97 Å². The van der Waals surface area contributed by atoms with Crippen LogP contribution in [0.1, 0.15) is 12.8 Å². The molecule has 200 valence electrons. The maximum absolute atomic E-state index is 13.3. The smallest absolute Gasteiger partial charge is 0.330 e. The topological polar surface area (TPSA) is 71.1 Å². The van der Waals surface area contributed by atoms with E-state index in [0.717, 1.165) is 24.7 Å². The fourth-order valence-electron chi connectivity index (χ4n) is 3.09. The van der Waals surface area contributed by atoms with Gasteiger partial charge in [-0.15, -0.1) is 0 Å². The van der Waals surface area contributed by atoms with Crippen LogP contribution in [0.2, 0.25) is 0 Å². The average molecular weight is 535 g/mol. The molecule has 7 heteroatoms. The molecular weight excluding hydrogens is 499 g/mol. The number of unbranched alkanes of at least 4 members (excludes halogenated alkanes) is 1. The Morgan fingerprint density at radius 2 is 1.21 bits per heavy atom. The zero-order chi connectivity index (χ0) is 27.5. The summed E-state index contributed by atoms with van der Waals surface area (Å²) in [7, 11) is -3.21. The maximum Gasteiger partial charge on any atom is 0.330 e. The molecule has 0 spiro atoms. The maximum atomic E-state index is 13.3. The lowest BCUT2D eigenvalue weighted by Gasteiger charge is -2.19. The summed E-state index contributed by atoms with van der Waals surface area (Å²) in [5, 5.41) is 1.22. The normalized spacial score (nSPS) is 10.3. The van der Waals surface area contributed by atoms with Gasteiger partial charge in [-0.2, -0.15) is 0 Å². The first-order chi connectivity index (χ1) is 18.5. The first-order valence-electron chi connectivity index (χ1n) is 12.3. The summed E-state index contributed by atoms with van der Waals surface area (Å²) >= 11 is 0. The Bertz CT molecular complexity index is 1120. The third-order valence-electron chi connectivity index (χ3n) is 5.03.